The maximum Gasteiger partial charge on any atom is 0.0931 e. The molecule has 0 saturated heterocycles. The summed E-state index contributed by atoms with van der Waals surface area (Å²) in [5.74, 6) is 0. The minimum absolute atomic E-state index is 0.312. The Bertz CT molecular complexity index is 686. The fourth-order valence-corrected chi connectivity index (χ4v) is 3.32. The highest BCUT2D eigenvalue weighted by Crippen LogP contribution is 2.27. The minimum atomic E-state index is 0.312. The number of thiophene rings is 1. The fourth-order valence-electron chi connectivity index (χ4n) is 2.23. The molecule has 0 radical (unpaired) electrons. The van der Waals surface area contributed by atoms with Gasteiger partial charge in [-0.15, -0.1) is 11.3 Å². The number of aromatic amines is 1. The number of nitrogens with one attached hydrogen (secondary N) is 2. The number of hydrogen-bond donors (Lipinski definition) is 2. The lowest BCUT2D eigenvalue weighted by atomic mass is 10.1. The van der Waals surface area contributed by atoms with Crippen molar-refractivity contribution in [1.82, 2.24) is 10.3 Å². The molecular formula is C15H15ClN2S. The zero-order chi connectivity index (χ0) is 13.2. The first-order valence-electron chi connectivity index (χ1n) is 6.27. The van der Waals surface area contributed by atoms with Crippen molar-refractivity contribution in [1.29, 1.82) is 0 Å². The maximum atomic E-state index is 5.97. The van der Waals surface area contributed by atoms with E-state index in [1.807, 2.05) is 12.3 Å². The number of aromatic nitrogens is 1. The summed E-state index contributed by atoms with van der Waals surface area (Å²) in [5.41, 5.74) is 2.50. The van der Waals surface area contributed by atoms with Gasteiger partial charge in [-0.2, -0.15) is 0 Å². The summed E-state index contributed by atoms with van der Waals surface area (Å²) in [4.78, 5) is 4.51. The molecule has 0 saturated carbocycles. The highest BCUT2D eigenvalue weighted by Gasteiger charge is 2.08. The summed E-state index contributed by atoms with van der Waals surface area (Å²) in [7, 11) is 0. The van der Waals surface area contributed by atoms with Crippen LogP contribution in [-0.4, -0.2) is 4.98 Å². The average molecular weight is 291 g/mol. The number of H-pyrrole nitrogens is 1. The van der Waals surface area contributed by atoms with E-state index in [0.29, 0.717) is 6.04 Å². The molecule has 1 unspecified atom stereocenters. The molecule has 2 heterocycles. The minimum Gasteiger partial charge on any atom is -0.361 e. The van der Waals surface area contributed by atoms with Crippen LogP contribution in [-0.2, 0) is 6.54 Å². The first-order valence-corrected chi connectivity index (χ1v) is 7.47. The lowest BCUT2D eigenvalue weighted by Gasteiger charge is -2.12. The van der Waals surface area contributed by atoms with Gasteiger partial charge in [0.1, 0.15) is 0 Å². The lowest BCUT2D eigenvalue weighted by Crippen LogP contribution is -2.17. The molecule has 0 spiro atoms. The number of rotatable bonds is 4. The van der Waals surface area contributed by atoms with E-state index in [4.69, 9.17) is 11.6 Å². The van der Waals surface area contributed by atoms with Crippen LogP contribution < -0.4 is 5.32 Å². The van der Waals surface area contributed by atoms with Gasteiger partial charge >= 0.3 is 0 Å². The van der Waals surface area contributed by atoms with Gasteiger partial charge in [0.15, 0.2) is 0 Å². The van der Waals surface area contributed by atoms with Gasteiger partial charge < -0.3 is 10.3 Å². The second-order valence-corrected chi connectivity index (χ2v) is 6.35. The normalized spacial score (nSPS) is 12.9. The first-order chi connectivity index (χ1) is 9.24. The van der Waals surface area contributed by atoms with Gasteiger partial charge in [0.2, 0.25) is 0 Å². The van der Waals surface area contributed by atoms with Crippen LogP contribution in [0.25, 0.3) is 10.9 Å². The Hall–Kier alpha value is -1.29. The first kappa shape index (κ1) is 12.7. The van der Waals surface area contributed by atoms with E-state index in [2.05, 4.69) is 47.6 Å². The highest BCUT2D eigenvalue weighted by atomic mass is 35.5. The standard InChI is InChI=1S/C15H15ClN2S/c1-10(14-5-6-15(16)19-14)18-9-11-3-2-4-13-12(11)7-8-17-13/h2-8,10,17-18H,9H2,1H3. The van der Waals surface area contributed by atoms with E-state index < -0.39 is 0 Å². The van der Waals surface area contributed by atoms with Crippen molar-refractivity contribution >= 4 is 33.8 Å². The van der Waals surface area contributed by atoms with Crippen LogP contribution in [0.3, 0.4) is 0 Å². The smallest absolute Gasteiger partial charge is 0.0931 e. The summed E-state index contributed by atoms with van der Waals surface area (Å²) < 4.78 is 0.844. The van der Waals surface area contributed by atoms with Crippen LogP contribution in [0.5, 0.6) is 0 Å². The second-order valence-electron chi connectivity index (χ2n) is 4.60. The molecule has 0 bridgehead atoms. The SMILES string of the molecule is CC(NCc1cccc2[nH]ccc12)c1ccc(Cl)s1. The summed E-state index contributed by atoms with van der Waals surface area (Å²) in [5, 5.41) is 4.83. The molecule has 0 amide bonds. The van der Waals surface area contributed by atoms with Crippen LogP contribution in [0.15, 0.2) is 42.6 Å². The zero-order valence-corrected chi connectivity index (χ0v) is 12.2. The van der Waals surface area contributed by atoms with Gasteiger partial charge in [-0.05, 0) is 36.8 Å². The summed E-state index contributed by atoms with van der Waals surface area (Å²) in [6.07, 6.45) is 1.98. The predicted octanol–water partition coefficient (Wildman–Crippen LogP) is 4.73. The van der Waals surface area contributed by atoms with Gasteiger partial charge in [0.05, 0.1) is 4.34 Å². The van der Waals surface area contributed by atoms with Gasteiger partial charge in [0.25, 0.3) is 0 Å². The summed E-state index contributed by atoms with van der Waals surface area (Å²) in [6, 6.07) is 12.8. The van der Waals surface area contributed by atoms with Crippen molar-refractivity contribution < 1.29 is 0 Å². The second kappa shape index (κ2) is 5.37. The molecule has 4 heteroatoms. The van der Waals surface area contributed by atoms with Crippen LogP contribution in [0.4, 0.5) is 0 Å². The van der Waals surface area contributed by atoms with Crippen molar-refractivity contribution in [3.8, 4) is 0 Å². The van der Waals surface area contributed by atoms with Gasteiger partial charge in [-0.1, -0.05) is 23.7 Å². The van der Waals surface area contributed by atoms with Crippen LogP contribution >= 0.6 is 22.9 Å². The molecule has 98 valence electrons. The molecule has 0 aliphatic carbocycles. The molecule has 3 aromatic rings. The molecule has 0 aliphatic rings. The number of benzene rings is 1. The molecule has 3 rings (SSSR count). The van der Waals surface area contributed by atoms with E-state index in [9.17, 15) is 0 Å². The molecule has 0 fully saturated rings. The van der Waals surface area contributed by atoms with Gasteiger partial charge in [-0.3, -0.25) is 0 Å². The number of hydrogen-bond acceptors (Lipinski definition) is 2. The Morgan fingerprint density at radius 1 is 1.26 bits per heavy atom. The third-order valence-corrected chi connectivity index (χ3v) is 4.72. The van der Waals surface area contributed by atoms with E-state index in [1.165, 1.54) is 21.3 Å². The van der Waals surface area contributed by atoms with Gasteiger partial charge in [0, 0.05) is 34.6 Å². The largest absolute Gasteiger partial charge is 0.361 e. The topological polar surface area (TPSA) is 27.8 Å². The Labute approximate surface area is 121 Å². The Morgan fingerprint density at radius 2 is 2.16 bits per heavy atom. The summed E-state index contributed by atoms with van der Waals surface area (Å²) >= 11 is 7.60. The third-order valence-electron chi connectivity index (χ3n) is 3.30. The van der Waals surface area contributed by atoms with Crippen molar-refractivity contribution in [3.05, 3.63) is 57.4 Å². The van der Waals surface area contributed by atoms with Crippen molar-refractivity contribution in [2.24, 2.45) is 0 Å². The Balaban J connectivity index is 1.74. The molecular weight excluding hydrogens is 276 g/mol. The monoisotopic (exact) mass is 290 g/mol. The van der Waals surface area contributed by atoms with Crippen LogP contribution in [0, 0.1) is 0 Å². The Kier molecular flexibility index (Phi) is 3.60. The maximum absolute atomic E-state index is 5.97. The highest BCUT2D eigenvalue weighted by molar-refractivity contribution is 7.16. The molecule has 1 atom stereocenters. The quantitative estimate of drug-likeness (QED) is 0.714. The van der Waals surface area contributed by atoms with E-state index >= 15 is 0 Å². The third kappa shape index (κ3) is 2.68. The molecule has 19 heavy (non-hydrogen) atoms. The fraction of sp³-hybridized carbons (Fsp3) is 0.200. The van der Waals surface area contributed by atoms with Crippen LogP contribution in [0.1, 0.15) is 23.4 Å². The predicted molar refractivity (Wildman–Crippen MR) is 82.9 cm³/mol. The molecule has 1 aromatic carbocycles. The van der Waals surface area contributed by atoms with E-state index in [-0.39, 0.29) is 0 Å². The summed E-state index contributed by atoms with van der Waals surface area (Å²) in [6.45, 7) is 3.02. The van der Waals surface area contributed by atoms with Crippen molar-refractivity contribution in [2.45, 2.75) is 19.5 Å². The van der Waals surface area contributed by atoms with E-state index in [1.54, 1.807) is 11.3 Å². The van der Waals surface area contributed by atoms with E-state index in [0.717, 1.165) is 10.9 Å². The van der Waals surface area contributed by atoms with Gasteiger partial charge in [-0.25, -0.2) is 0 Å². The molecule has 0 aliphatic heterocycles. The number of halogens is 1. The lowest BCUT2D eigenvalue weighted by molar-refractivity contribution is 0.585. The Morgan fingerprint density at radius 3 is 2.95 bits per heavy atom. The zero-order valence-electron chi connectivity index (χ0n) is 10.6. The molecule has 2 nitrogen and oxygen atoms in total. The van der Waals surface area contributed by atoms with Crippen molar-refractivity contribution in [3.63, 3.8) is 0 Å². The average Bonchev–Trinajstić information content (AvgIpc) is 3.04. The molecule has 2 N–H and O–H groups in total. The number of fused-ring (bicyclic) bond motifs is 1. The van der Waals surface area contributed by atoms with Crippen LogP contribution in [0.2, 0.25) is 4.34 Å². The molecule has 2 aromatic heterocycles. The van der Waals surface area contributed by atoms with Crippen molar-refractivity contribution in [2.75, 3.05) is 0 Å².